The summed E-state index contributed by atoms with van der Waals surface area (Å²) in [6, 6.07) is 6.18. The molecule has 2 aliphatic rings. The van der Waals surface area contributed by atoms with Gasteiger partial charge < -0.3 is 19.7 Å². The number of carbonyl (C=O) groups is 4. The number of unbranched alkanes of at least 4 members (excludes halogenated alkanes) is 1. The molecule has 2 N–H and O–H groups in total. The van der Waals surface area contributed by atoms with E-state index in [2.05, 4.69) is 0 Å². The summed E-state index contributed by atoms with van der Waals surface area (Å²) >= 11 is 0. The summed E-state index contributed by atoms with van der Waals surface area (Å²) in [6.07, 6.45) is 1.02. The summed E-state index contributed by atoms with van der Waals surface area (Å²) < 4.78 is 9.66. The number of hydrogen-bond donors (Lipinski definition) is 2. The predicted octanol–water partition coefficient (Wildman–Crippen LogP) is 1.73. The van der Waals surface area contributed by atoms with Gasteiger partial charge in [-0.1, -0.05) is 0 Å². The van der Waals surface area contributed by atoms with Gasteiger partial charge in [0.05, 0.1) is 11.1 Å². The van der Waals surface area contributed by atoms with Gasteiger partial charge in [-0.3, -0.25) is 9.59 Å². The van der Waals surface area contributed by atoms with Crippen LogP contribution in [0.5, 0.6) is 0 Å². The van der Waals surface area contributed by atoms with Crippen LogP contribution in [0.3, 0.4) is 0 Å². The number of esters is 2. The fourth-order valence-electron chi connectivity index (χ4n) is 1.73. The van der Waals surface area contributed by atoms with Crippen molar-refractivity contribution in [3.63, 3.8) is 0 Å². The Morgan fingerprint density at radius 2 is 1.12 bits per heavy atom. The van der Waals surface area contributed by atoms with E-state index in [1.54, 1.807) is 24.3 Å². The number of carboxylic acids is 2. The molecule has 0 aromatic heterocycles. The van der Waals surface area contributed by atoms with E-state index in [1.165, 1.54) is 0 Å². The average Bonchev–Trinajstić information content (AvgIpc) is 2.55. The molecular weight excluding hydrogens is 320 g/mol. The minimum atomic E-state index is -0.870. The summed E-state index contributed by atoms with van der Waals surface area (Å²) in [6.45, 7) is 0.200. The van der Waals surface area contributed by atoms with E-state index in [-0.39, 0.29) is 26.1 Å². The molecule has 1 aromatic carbocycles. The summed E-state index contributed by atoms with van der Waals surface area (Å²) in [4.78, 5) is 42.3. The Kier molecular flexibility index (Phi) is 7.97. The molecule has 0 unspecified atom stereocenters. The molecule has 130 valence electrons. The summed E-state index contributed by atoms with van der Waals surface area (Å²) in [5.41, 5.74) is 0.895. The van der Waals surface area contributed by atoms with Crippen LogP contribution < -0.4 is 0 Å². The molecular formula is C16H18O8. The lowest BCUT2D eigenvalue weighted by atomic mass is 10.1. The summed E-state index contributed by atoms with van der Waals surface area (Å²) in [5, 5.41) is 16.3. The van der Waals surface area contributed by atoms with E-state index < -0.39 is 23.9 Å². The lowest BCUT2D eigenvalue weighted by Crippen LogP contribution is -2.16. The second-order valence-electron chi connectivity index (χ2n) is 4.84. The van der Waals surface area contributed by atoms with Gasteiger partial charge in [-0.2, -0.15) is 0 Å². The predicted molar refractivity (Wildman–Crippen MR) is 80.7 cm³/mol. The van der Waals surface area contributed by atoms with Crippen molar-refractivity contribution < 1.29 is 38.9 Å². The highest BCUT2D eigenvalue weighted by Crippen LogP contribution is 2.09. The van der Waals surface area contributed by atoms with Crippen molar-refractivity contribution in [2.24, 2.45) is 0 Å². The van der Waals surface area contributed by atoms with E-state index in [9.17, 15) is 19.2 Å². The van der Waals surface area contributed by atoms with Crippen LogP contribution in [0, 0.1) is 0 Å². The number of rotatable bonds is 5. The number of fused-ring (bicyclic) bond motifs is 7. The Morgan fingerprint density at radius 1 is 0.792 bits per heavy atom. The van der Waals surface area contributed by atoms with Crippen LogP contribution in [0.15, 0.2) is 24.3 Å². The molecule has 0 atom stereocenters. The number of ether oxygens (including phenoxy) is 2. The van der Waals surface area contributed by atoms with Crippen molar-refractivity contribution in [1.29, 1.82) is 0 Å². The maximum Gasteiger partial charge on any atom is 0.338 e. The highest BCUT2D eigenvalue weighted by molar-refractivity contribution is 5.93. The molecule has 0 fully saturated rings. The third kappa shape index (κ3) is 7.39. The van der Waals surface area contributed by atoms with Crippen LogP contribution in [0.1, 0.15) is 46.4 Å². The van der Waals surface area contributed by atoms with Crippen LogP contribution in [0.25, 0.3) is 0 Å². The van der Waals surface area contributed by atoms with E-state index >= 15 is 0 Å². The van der Waals surface area contributed by atoms with Gasteiger partial charge >= 0.3 is 23.9 Å². The minimum absolute atomic E-state index is 0.0628. The van der Waals surface area contributed by atoms with Gasteiger partial charge in [0.1, 0.15) is 13.2 Å². The molecule has 8 heteroatoms. The molecule has 0 aliphatic carbocycles. The van der Waals surface area contributed by atoms with Gasteiger partial charge in [0.25, 0.3) is 0 Å². The molecule has 8 nitrogen and oxygen atoms in total. The second kappa shape index (κ2) is 9.98. The average molecular weight is 338 g/mol. The highest BCUT2D eigenvalue weighted by Gasteiger charge is 2.13. The molecule has 3 rings (SSSR count). The fraction of sp³-hybridized carbons (Fsp3) is 0.375. The first-order chi connectivity index (χ1) is 11.4. The Bertz CT molecular complexity index is 538. The Hall–Kier alpha value is -2.90. The SMILES string of the molecule is O=C(O)CCCCC(=O)O.O=C1OCCOC(=O)c2ccc1cc2. The van der Waals surface area contributed by atoms with Crippen LogP contribution in [-0.2, 0) is 19.1 Å². The van der Waals surface area contributed by atoms with Crippen LogP contribution in [0.4, 0.5) is 0 Å². The van der Waals surface area contributed by atoms with E-state index in [0.29, 0.717) is 24.0 Å². The van der Waals surface area contributed by atoms with Gasteiger partial charge in [-0.25, -0.2) is 9.59 Å². The zero-order chi connectivity index (χ0) is 17.9. The van der Waals surface area contributed by atoms with Crippen molar-refractivity contribution in [2.75, 3.05) is 13.2 Å². The van der Waals surface area contributed by atoms with Gasteiger partial charge in [0.15, 0.2) is 0 Å². The first-order valence-electron chi connectivity index (χ1n) is 7.28. The highest BCUT2D eigenvalue weighted by atomic mass is 16.6. The Labute approximate surface area is 138 Å². The molecule has 0 spiro atoms. The van der Waals surface area contributed by atoms with Gasteiger partial charge in [0, 0.05) is 12.8 Å². The molecule has 0 amide bonds. The quantitative estimate of drug-likeness (QED) is 0.614. The van der Waals surface area contributed by atoms with Gasteiger partial charge in [0.2, 0.25) is 0 Å². The third-order valence-corrected chi connectivity index (χ3v) is 2.94. The lowest BCUT2D eigenvalue weighted by molar-refractivity contribution is -0.139. The third-order valence-electron chi connectivity index (χ3n) is 2.94. The lowest BCUT2D eigenvalue weighted by Gasteiger charge is -2.09. The number of aliphatic carboxylic acids is 2. The molecule has 24 heavy (non-hydrogen) atoms. The van der Waals surface area contributed by atoms with Crippen LogP contribution >= 0.6 is 0 Å². The minimum Gasteiger partial charge on any atom is -0.481 e. The van der Waals surface area contributed by atoms with E-state index in [4.69, 9.17) is 19.7 Å². The second-order valence-corrected chi connectivity index (χ2v) is 4.84. The number of carbonyl (C=O) groups excluding carboxylic acids is 2. The maximum atomic E-state index is 11.3. The normalized spacial score (nSPS) is 13.2. The molecule has 0 saturated heterocycles. The van der Waals surface area contributed by atoms with Crippen LogP contribution in [0.2, 0.25) is 0 Å². The zero-order valence-electron chi connectivity index (χ0n) is 12.9. The van der Waals surface area contributed by atoms with Gasteiger partial charge in [-0.05, 0) is 37.1 Å². The zero-order valence-corrected chi connectivity index (χ0v) is 12.9. The Morgan fingerprint density at radius 3 is 1.42 bits per heavy atom. The molecule has 2 aliphatic heterocycles. The summed E-state index contributed by atoms with van der Waals surface area (Å²) in [5.74, 6) is -2.53. The van der Waals surface area contributed by atoms with Crippen LogP contribution in [-0.4, -0.2) is 47.3 Å². The molecule has 2 bridgehead atoms. The van der Waals surface area contributed by atoms with E-state index in [0.717, 1.165) is 0 Å². The number of hydrogen-bond acceptors (Lipinski definition) is 6. The molecule has 2 heterocycles. The van der Waals surface area contributed by atoms with Crippen molar-refractivity contribution in [2.45, 2.75) is 25.7 Å². The standard InChI is InChI=1S/C10H8O4.C6H10O4/c11-9-7-1-2-8(4-3-7)10(12)14-6-5-13-9;7-5(8)3-1-2-4-6(9)10/h1-4H,5-6H2;1-4H2,(H,7,8)(H,9,10). The van der Waals surface area contributed by atoms with Crippen molar-refractivity contribution in [3.05, 3.63) is 35.4 Å². The molecule has 0 saturated carbocycles. The smallest absolute Gasteiger partial charge is 0.338 e. The maximum absolute atomic E-state index is 11.3. The van der Waals surface area contributed by atoms with Gasteiger partial charge in [-0.15, -0.1) is 0 Å². The largest absolute Gasteiger partial charge is 0.481 e. The number of carboxylic acid groups (broad SMARTS) is 2. The van der Waals surface area contributed by atoms with E-state index in [1.807, 2.05) is 0 Å². The first kappa shape index (κ1) is 19.1. The Balaban J connectivity index is 0.000000257. The van der Waals surface area contributed by atoms with Crippen molar-refractivity contribution >= 4 is 23.9 Å². The van der Waals surface area contributed by atoms with Crippen molar-refractivity contribution in [1.82, 2.24) is 0 Å². The first-order valence-corrected chi connectivity index (χ1v) is 7.28. The molecule has 1 aromatic rings. The molecule has 0 radical (unpaired) electrons. The fourth-order valence-corrected chi connectivity index (χ4v) is 1.73. The summed E-state index contributed by atoms with van der Waals surface area (Å²) in [7, 11) is 0. The topological polar surface area (TPSA) is 127 Å². The monoisotopic (exact) mass is 338 g/mol. The van der Waals surface area contributed by atoms with Crippen molar-refractivity contribution in [3.8, 4) is 0 Å². The number of benzene rings is 1.